The van der Waals surface area contributed by atoms with Crippen LogP contribution in [-0.4, -0.2) is 29.3 Å². The van der Waals surface area contributed by atoms with Crippen molar-refractivity contribution in [3.63, 3.8) is 0 Å². The van der Waals surface area contributed by atoms with Crippen LogP contribution in [0.2, 0.25) is 0 Å². The van der Waals surface area contributed by atoms with E-state index in [1.807, 2.05) is 6.92 Å². The van der Waals surface area contributed by atoms with E-state index in [4.69, 9.17) is 9.47 Å². The Kier molecular flexibility index (Phi) is 3.09. The van der Waals surface area contributed by atoms with E-state index >= 15 is 0 Å². The predicted octanol–water partition coefficient (Wildman–Crippen LogP) is 0.799. The number of nitrogens with zero attached hydrogens (tertiary/aromatic N) is 1. The quantitative estimate of drug-likeness (QED) is 0.794. The second-order valence-corrected chi connectivity index (χ2v) is 3.28. The van der Waals surface area contributed by atoms with Crippen molar-refractivity contribution < 1.29 is 14.3 Å². The second-order valence-electron chi connectivity index (χ2n) is 3.28. The molecule has 2 heterocycles. The Bertz CT molecular complexity index is 411. The van der Waals surface area contributed by atoms with Gasteiger partial charge in [-0.15, -0.1) is 0 Å². The molecular formula is C10H13N3O3. The lowest BCUT2D eigenvalue weighted by Crippen LogP contribution is -2.21. The van der Waals surface area contributed by atoms with Crippen molar-refractivity contribution in [2.75, 3.05) is 18.5 Å². The van der Waals surface area contributed by atoms with Gasteiger partial charge in [0.25, 0.3) is 5.91 Å². The first kappa shape index (κ1) is 10.5. The Balaban J connectivity index is 2.04. The predicted molar refractivity (Wildman–Crippen MR) is 56.6 cm³/mol. The summed E-state index contributed by atoms with van der Waals surface area (Å²) < 4.78 is 10.2. The fourth-order valence-electron chi connectivity index (χ4n) is 1.35. The summed E-state index contributed by atoms with van der Waals surface area (Å²) in [4.78, 5) is 11.7. The molecule has 0 aliphatic carbocycles. The molecule has 2 rings (SSSR count). The van der Waals surface area contributed by atoms with Crippen molar-refractivity contribution in [3.8, 4) is 0 Å². The van der Waals surface area contributed by atoms with Crippen LogP contribution in [0.1, 0.15) is 12.5 Å². The zero-order valence-electron chi connectivity index (χ0n) is 8.95. The number of H-pyrrole nitrogens is 1. The maximum atomic E-state index is 11.7. The van der Waals surface area contributed by atoms with Gasteiger partial charge >= 0.3 is 0 Å². The van der Waals surface area contributed by atoms with Crippen LogP contribution in [0.3, 0.4) is 0 Å². The number of rotatable bonds is 3. The molecule has 0 atom stereocenters. The number of nitrogens with one attached hydrogen (secondary N) is 2. The molecule has 0 saturated heterocycles. The number of amides is 1. The molecule has 0 saturated carbocycles. The van der Waals surface area contributed by atoms with E-state index in [1.54, 1.807) is 6.20 Å². The van der Waals surface area contributed by atoms with Crippen molar-refractivity contribution in [2.24, 2.45) is 0 Å². The van der Waals surface area contributed by atoms with Crippen molar-refractivity contribution in [2.45, 2.75) is 13.3 Å². The van der Waals surface area contributed by atoms with Crippen LogP contribution in [-0.2, 0) is 20.7 Å². The van der Waals surface area contributed by atoms with Crippen molar-refractivity contribution in [1.29, 1.82) is 0 Å². The van der Waals surface area contributed by atoms with E-state index < -0.39 is 0 Å². The average molecular weight is 223 g/mol. The minimum absolute atomic E-state index is 0.183. The standard InChI is InChI=1S/C10H13N3O3/c1-2-7-5-11-13-9(7)12-10(14)8-6-15-3-4-16-8/h5-6H,2-4H2,1H3,(H2,11,12,13,14). The zero-order chi connectivity index (χ0) is 11.4. The number of anilines is 1. The Hall–Kier alpha value is -1.98. The molecule has 0 fully saturated rings. The summed E-state index contributed by atoms with van der Waals surface area (Å²) in [5, 5.41) is 9.26. The molecule has 1 aliphatic rings. The molecule has 0 unspecified atom stereocenters. The highest BCUT2D eigenvalue weighted by Gasteiger charge is 2.16. The number of carbonyl (C=O) groups is 1. The molecule has 86 valence electrons. The third-order valence-corrected chi connectivity index (χ3v) is 2.21. The van der Waals surface area contributed by atoms with Gasteiger partial charge in [0.1, 0.15) is 25.3 Å². The van der Waals surface area contributed by atoms with Crippen molar-refractivity contribution >= 4 is 11.7 Å². The van der Waals surface area contributed by atoms with Gasteiger partial charge in [-0.1, -0.05) is 6.92 Å². The summed E-state index contributed by atoms with van der Waals surface area (Å²) >= 11 is 0. The summed E-state index contributed by atoms with van der Waals surface area (Å²) in [7, 11) is 0. The summed E-state index contributed by atoms with van der Waals surface area (Å²) in [5.74, 6) is 0.448. The van der Waals surface area contributed by atoms with E-state index in [0.717, 1.165) is 12.0 Å². The molecular weight excluding hydrogens is 210 g/mol. The molecule has 0 aromatic carbocycles. The van der Waals surface area contributed by atoms with Crippen LogP contribution < -0.4 is 5.32 Å². The Labute approximate surface area is 92.6 Å². The first-order chi connectivity index (χ1) is 7.81. The van der Waals surface area contributed by atoms with Gasteiger partial charge in [-0.2, -0.15) is 5.10 Å². The number of aromatic nitrogens is 2. The lowest BCUT2D eigenvalue weighted by Gasteiger charge is -2.14. The molecule has 0 radical (unpaired) electrons. The van der Waals surface area contributed by atoms with E-state index in [1.165, 1.54) is 6.26 Å². The monoisotopic (exact) mass is 223 g/mol. The topological polar surface area (TPSA) is 76.2 Å². The first-order valence-electron chi connectivity index (χ1n) is 5.09. The fourth-order valence-corrected chi connectivity index (χ4v) is 1.35. The van der Waals surface area contributed by atoms with Crippen LogP contribution >= 0.6 is 0 Å². The Morgan fingerprint density at radius 3 is 3.19 bits per heavy atom. The molecule has 0 spiro atoms. The third kappa shape index (κ3) is 2.16. The van der Waals surface area contributed by atoms with Gasteiger partial charge in [-0.3, -0.25) is 9.89 Å². The summed E-state index contributed by atoms with van der Waals surface area (Å²) in [6.45, 7) is 2.85. The molecule has 6 nitrogen and oxygen atoms in total. The van der Waals surface area contributed by atoms with Crippen LogP contribution in [0.4, 0.5) is 5.82 Å². The van der Waals surface area contributed by atoms with Crippen molar-refractivity contribution in [1.82, 2.24) is 10.2 Å². The average Bonchev–Trinajstić information content (AvgIpc) is 2.77. The lowest BCUT2D eigenvalue weighted by atomic mass is 10.2. The van der Waals surface area contributed by atoms with E-state index in [0.29, 0.717) is 19.0 Å². The Morgan fingerprint density at radius 2 is 2.50 bits per heavy atom. The number of hydrogen-bond acceptors (Lipinski definition) is 4. The molecule has 0 bridgehead atoms. The number of aromatic amines is 1. The Morgan fingerprint density at radius 1 is 1.62 bits per heavy atom. The largest absolute Gasteiger partial charge is 0.494 e. The molecule has 1 aliphatic heterocycles. The number of ether oxygens (including phenoxy) is 2. The maximum Gasteiger partial charge on any atom is 0.295 e. The smallest absolute Gasteiger partial charge is 0.295 e. The van der Waals surface area contributed by atoms with Crippen LogP contribution in [0.25, 0.3) is 0 Å². The minimum Gasteiger partial charge on any atom is -0.494 e. The third-order valence-electron chi connectivity index (χ3n) is 2.21. The fraction of sp³-hybridized carbons (Fsp3) is 0.400. The number of aryl methyl sites for hydroxylation is 1. The van der Waals surface area contributed by atoms with Gasteiger partial charge in [0.2, 0.25) is 5.76 Å². The number of carbonyl (C=O) groups excluding carboxylic acids is 1. The van der Waals surface area contributed by atoms with E-state index in [2.05, 4.69) is 15.5 Å². The highest BCUT2D eigenvalue weighted by molar-refractivity contribution is 6.01. The summed E-state index contributed by atoms with van der Waals surface area (Å²) in [6.07, 6.45) is 3.80. The SMILES string of the molecule is CCc1cn[nH]c1NC(=O)C1=COCCO1. The highest BCUT2D eigenvalue weighted by atomic mass is 16.6. The summed E-state index contributed by atoms with van der Waals surface area (Å²) in [6, 6.07) is 0. The summed E-state index contributed by atoms with van der Waals surface area (Å²) in [5.41, 5.74) is 0.950. The van der Waals surface area contributed by atoms with Gasteiger partial charge in [0.05, 0.1) is 6.20 Å². The van der Waals surface area contributed by atoms with Gasteiger partial charge in [0, 0.05) is 5.56 Å². The van der Waals surface area contributed by atoms with E-state index in [-0.39, 0.29) is 11.7 Å². The zero-order valence-corrected chi connectivity index (χ0v) is 8.95. The van der Waals surface area contributed by atoms with Crippen LogP contribution in [0, 0.1) is 0 Å². The lowest BCUT2D eigenvalue weighted by molar-refractivity contribution is -0.117. The molecule has 6 heteroatoms. The molecule has 1 amide bonds. The molecule has 1 aromatic heterocycles. The van der Waals surface area contributed by atoms with Crippen LogP contribution in [0.5, 0.6) is 0 Å². The van der Waals surface area contributed by atoms with Gasteiger partial charge in [-0.25, -0.2) is 0 Å². The van der Waals surface area contributed by atoms with Gasteiger partial charge in [0.15, 0.2) is 0 Å². The number of hydrogen-bond donors (Lipinski definition) is 2. The highest BCUT2D eigenvalue weighted by Crippen LogP contribution is 2.13. The minimum atomic E-state index is -0.335. The van der Waals surface area contributed by atoms with Gasteiger partial charge in [-0.05, 0) is 6.42 Å². The van der Waals surface area contributed by atoms with Crippen molar-refractivity contribution in [3.05, 3.63) is 23.8 Å². The second kappa shape index (κ2) is 4.69. The maximum absolute atomic E-state index is 11.7. The normalized spacial score (nSPS) is 14.7. The van der Waals surface area contributed by atoms with Crippen LogP contribution in [0.15, 0.2) is 18.2 Å². The van der Waals surface area contributed by atoms with Gasteiger partial charge < -0.3 is 14.8 Å². The first-order valence-corrected chi connectivity index (χ1v) is 5.09. The molecule has 2 N–H and O–H groups in total. The van der Waals surface area contributed by atoms with E-state index in [9.17, 15) is 4.79 Å². The molecule has 1 aromatic rings. The molecule has 16 heavy (non-hydrogen) atoms.